The average molecular weight is 409 g/mol. The molecule has 0 fully saturated rings. The summed E-state index contributed by atoms with van der Waals surface area (Å²) in [5.74, 6) is 0.975. The molecule has 30 heavy (non-hydrogen) atoms. The Balaban J connectivity index is 2.00. The van der Waals surface area contributed by atoms with Gasteiger partial charge in [-0.1, -0.05) is 18.2 Å². The number of hydrogen-bond acceptors (Lipinski definition) is 4. The molecule has 0 radical (unpaired) electrons. The van der Waals surface area contributed by atoms with E-state index in [0.717, 1.165) is 5.56 Å². The molecule has 1 heterocycles. The van der Waals surface area contributed by atoms with Crippen molar-refractivity contribution in [1.29, 1.82) is 0 Å². The summed E-state index contributed by atoms with van der Waals surface area (Å²) in [6, 6.07) is 8.79. The number of imidazole rings is 1. The summed E-state index contributed by atoms with van der Waals surface area (Å²) >= 11 is 0. The third-order valence-corrected chi connectivity index (χ3v) is 4.78. The number of benzene rings is 2. The van der Waals surface area contributed by atoms with Crippen LogP contribution in [0.25, 0.3) is 0 Å². The molecule has 0 aliphatic rings. The van der Waals surface area contributed by atoms with Gasteiger partial charge >= 0.3 is 0 Å². The number of aryl methyl sites for hydroxylation is 1. The Kier molecular flexibility index (Phi) is 6.51. The molecule has 0 saturated heterocycles. The van der Waals surface area contributed by atoms with Crippen LogP contribution in [0.2, 0.25) is 0 Å². The first-order valence-electron chi connectivity index (χ1n) is 9.37. The van der Waals surface area contributed by atoms with Crippen molar-refractivity contribution >= 4 is 5.91 Å². The molecule has 0 aliphatic heterocycles. The van der Waals surface area contributed by atoms with Crippen LogP contribution in [0.4, 0.5) is 4.39 Å². The Bertz CT molecular complexity index is 1040. The van der Waals surface area contributed by atoms with E-state index in [1.807, 2.05) is 11.6 Å². The molecule has 1 unspecified atom stereocenters. The van der Waals surface area contributed by atoms with Crippen LogP contribution in [-0.2, 0) is 13.5 Å². The lowest BCUT2D eigenvalue weighted by molar-refractivity contribution is 0.0940. The molecule has 6 nitrogen and oxygen atoms in total. The first kappa shape index (κ1) is 21.1. The van der Waals surface area contributed by atoms with Gasteiger partial charge in [-0.25, -0.2) is 9.37 Å². The number of amides is 1. The predicted molar refractivity (Wildman–Crippen MR) is 112 cm³/mol. The second-order valence-corrected chi connectivity index (χ2v) is 6.72. The van der Waals surface area contributed by atoms with Crippen LogP contribution in [-0.4, -0.2) is 29.7 Å². The number of carbonyl (C=O) groups excluding carboxylic acids is 1. The fourth-order valence-electron chi connectivity index (χ4n) is 3.30. The summed E-state index contributed by atoms with van der Waals surface area (Å²) in [6.07, 6.45) is 5.68. The van der Waals surface area contributed by atoms with Crippen LogP contribution >= 0.6 is 0 Å². The maximum Gasteiger partial charge on any atom is 0.252 e. The minimum atomic E-state index is -0.561. The lowest BCUT2D eigenvalue weighted by atomic mass is 10.0. The molecule has 0 aliphatic carbocycles. The van der Waals surface area contributed by atoms with Gasteiger partial charge in [-0.15, -0.1) is 6.58 Å². The van der Waals surface area contributed by atoms with Crippen molar-refractivity contribution in [3.05, 3.63) is 89.8 Å². The first-order valence-corrected chi connectivity index (χ1v) is 9.37. The van der Waals surface area contributed by atoms with E-state index in [1.165, 1.54) is 19.2 Å². The predicted octanol–water partition coefficient (Wildman–Crippen LogP) is 3.82. The van der Waals surface area contributed by atoms with Gasteiger partial charge in [0.2, 0.25) is 0 Å². The van der Waals surface area contributed by atoms with Gasteiger partial charge in [-0.2, -0.15) is 0 Å². The standard InChI is InChI=1S/C23H24FN3O3/c1-5-6-16-13-17(14-19(29-3)21(16)30-4)23(28)26-20(22-25-11-12-27(22)2)15-7-9-18(24)10-8-15/h5,7-14,20H,1,6H2,2-4H3,(H,26,28). The number of hydrogen-bond donors (Lipinski definition) is 1. The summed E-state index contributed by atoms with van der Waals surface area (Å²) in [5.41, 5.74) is 1.91. The highest BCUT2D eigenvalue weighted by Crippen LogP contribution is 2.33. The molecule has 1 amide bonds. The topological polar surface area (TPSA) is 65.4 Å². The van der Waals surface area contributed by atoms with Crippen molar-refractivity contribution in [2.45, 2.75) is 12.5 Å². The molecule has 0 bridgehead atoms. The van der Waals surface area contributed by atoms with Crippen LogP contribution in [0.5, 0.6) is 11.5 Å². The van der Waals surface area contributed by atoms with Gasteiger partial charge in [0.05, 0.1) is 14.2 Å². The van der Waals surface area contributed by atoms with E-state index in [9.17, 15) is 9.18 Å². The van der Waals surface area contributed by atoms with Gasteiger partial charge in [0, 0.05) is 30.6 Å². The fourth-order valence-corrected chi connectivity index (χ4v) is 3.30. The van der Waals surface area contributed by atoms with E-state index >= 15 is 0 Å². The van der Waals surface area contributed by atoms with Crippen molar-refractivity contribution in [3.63, 3.8) is 0 Å². The molecular formula is C23H24FN3O3. The number of halogens is 1. The molecule has 1 atom stereocenters. The summed E-state index contributed by atoms with van der Waals surface area (Å²) in [5, 5.41) is 3.00. The van der Waals surface area contributed by atoms with E-state index in [2.05, 4.69) is 16.9 Å². The Morgan fingerprint density at radius 3 is 2.57 bits per heavy atom. The molecule has 1 aromatic heterocycles. The summed E-state index contributed by atoms with van der Waals surface area (Å²) < 4.78 is 26.1. The number of ether oxygens (including phenoxy) is 2. The Labute approximate surface area is 175 Å². The van der Waals surface area contributed by atoms with Crippen molar-refractivity contribution in [2.75, 3.05) is 14.2 Å². The molecule has 1 N–H and O–H groups in total. The summed E-state index contributed by atoms with van der Waals surface area (Å²) in [4.78, 5) is 17.5. The number of rotatable bonds is 8. The van der Waals surface area contributed by atoms with Crippen LogP contribution < -0.4 is 14.8 Å². The lowest BCUT2D eigenvalue weighted by Crippen LogP contribution is -2.31. The minimum absolute atomic E-state index is 0.321. The maximum atomic E-state index is 13.4. The lowest BCUT2D eigenvalue weighted by Gasteiger charge is -2.20. The number of carbonyl (C=O) groups is 1. The fraction of sp³-hybridized carbons (Fsp3) is 0.217. The normalized spacial score (nSPS) is 11.6. The number of nitrogens with one attached hydrogen (secondary N) is 1. The van der Waals surface area contributed by atoms with Gasteiger partial charge < -0.3 is 19.4 Å². The molecule has 7 heteroatoms. The van der Waals surface area contributed by atoms with Gasteiger partial charge in [-0.3, -0.25) is 4.79 Å². The maximum absolute atomic E-state index is 13.4. The largest absolute Gasteiger partial charge is 0.493 e. The molecular weight excluding hydrogens is 385 g/mol. The zero-order valence-electron chi connectivity index (χ0n) is 17.2. The number of methoxy groups -OCH3 is 2. The molecule has 0 saturated carbocycles. The van der Waals surface area contributed by atoms with E-state index in [1.54, 1.807) is 49.8 Å². The van der Waals surface area contributed by atoms with Crippen LogP contribution in [0.15, 0.2) is 61.4 Å². The molecule has 0 spiro atoms. The third-order valence-electron chi connectivity index (χ3n) is 4.78. The van der Waals surface area contributed by atoms with Crippen molar-refractivity contribution in [3.8, 4) is 11.5 Å². The SMILES string of the molecule is C=CCc1cc(C(=O)NC(c2ccc(F)cc2)c2nccn2C)cc(OC)c1OC. The van der Waals surface area contributed by atoms with Crippen molar-refractivity contribution < 1.29 is 18.7 Å². The van der Waals surface area contributed by atoms with Crippen LogP contribution in [0.1, 0.15) is 33.4 Å². The van der Waals surface area contributed by atoms with Crippen LogP contribution in [0.3, 0.4) is 0 Å². The Morgan fingerprint density at radius 1 is 1.27 bits per heavy atom. The number of aromatic nitrogens is 2. The molecule has 3 rings (SSSR count). The van der Waals surface area contributed by atoms with E-state index in [0.29, 0.717) is 34.9 Å². The monoisotopic (exact) mass is 409 g/mol. The molecule has 3 aromatic rings. The summed E-state index contributed by atoms with van der Waals surface area (Å²) in [6.45, 7) is 3.76. The van der Waals surface area contributed by atoms with E-state index in [4.69, 9.17) is 9.47 Å². The highest BCUT2D eigenvalue weighted by atomic mass is 19.1. The Hall–Kier alpha value is -3.61. The number of nitrogens with zero attached hydrogens (tertiary/aromatic N) is 2. The third kappa shape index (κ3) is 4.35. The van der Waals surface area contributed by atoms with Crippen molar-refractivity contribution in [2.24, 2.45) is 7.05 Å². The Morgan fingerprint density at radius 2 is 2.00 bits per heavy atom. The highest BCUT2D eigenvalue weighted by molar-refractivity contribution is 5.95. The second kappa shape index (κ2) is 9.26. The first-order chi connectivity index (χ1) is 14.5. The quantitative estimate of drug-likeness (QED) is 0.575. The van der Waals surface area contributed by atoms with E-state index < -0.39 is 6.04 Å². The van der Waals surface area contributed by atoms with Gasteiger partial charge in [0.15, 0.2) is 11.5 Å². The van der Waals surface area contributed by atoms with Gasteiger partial charge in [0.1, 0.15) is 17.7 Å². The molecule has 156 valence electrons. The summed E-state index contributed by atoms with van der Waals surface area (Å²) in [7, 11) is 4.91. The highest BCUT2D eigenvalue weighted by Gasteiger charge is 2.23. The van der Waals surface area contributed by atoms with E-state index in [-0.39, 0.29) is 11.7 Å². The van der Waals surface area contributed by atoms with Gasteiger partial charge in [-0.05, 0) is 36.2 Å². The zero-order chi connectivity index (χ0) is 21.7. The van der Waals surface area contributed by atoms with Crippen molar-refractivity contribution in [1.82, 2.24) is 14.9 Å². The molecule has 2 aromatic carbocycles. The average Bonchev–Trinajstić information content (AvgIpc) is 3.17. The number of allylic oxidation sites excluding steroid dienone is 1. The zero-order valence-corrected chi connectivity index (χ0v) is 17.2. The van der Waals surface area contributed by atoms with Crippen LogP contribution in [0, 0.1) is 5.82 Å². The smallest absolute Gasteiger partial charge is 0.252 e. The van der Waals surface area contributed by atoms with Gasteiger partial charge in [0.25, 0.3) is 5.91 Å². The minimum Gasteiger partial charge on any atom is -0.493 e. The second-order valence-electron chi connectivity index (χ2n) is 6.72.